The fraction of sp³-hybridized carbons (Fsp3) is 0.280. The molecule has 5 rings (SSSR count). The fourth-order valence-electron chi connectivity index (χ4n) is 5.00. The molecule has 1 atom stereocenters. The Hall–Kier alpha value is -3.58. The van der Waals surface area contributed by atoms with Crippen LogP contribution >= 0.6 is 0 Å². The summed E-state index contributed by atoms with van der Waals surface area (Å²) in [5.74, 6) is -1.44. The Labute approximate surface area is 186 Å². The van der Waals surface area contributed by atoms with Gasteiger partial charge in [-0.15, -0.1) is 0 Å². The lowest BCUT2D eigenvalue weighted by atomic mass is 9.88. The van der Waals surface area contributed by atoms with Crippen molar-refractivity contribution < 1.29 is 23.9 Å². The van der Waals surface area contributed by atoms with Gasteiger partial charge in [0.1, 0.15) is 6.04 Å². The monoisotopic (exact) mass is 432 g/mol. The van der Waals surface area contributed by atoms with Crippen LogP contribution in [-0.4, -0.2) is 50.9 Å². The molecule has 7 heteroatoms. The number of methoxy groups -OCH3 is 2. The van der Waals surface area contributed by atoms with E-state index in [1.807, 2.05) is 30.3 Å². The number of nitrogens with zero attached hydrogens (tertiary/aromatic N) is 2. The molecule has 1 unspecified atom stereocenters. The van der Waals surface area contributed by atoms with Crippen molar-refractivity contribution in [1.82, 2.24) is 0 Å². The van der Waals surface area contributed by atoms with E-state index >= 15 is 0 Å². The molecule has 32 heavy (non-hydrogen) atoms. The van der Waals surface area contributed by atoms with Crippen LogP contribution in [0.1, 0.15) is 5.56 Å². The molecule has 3 aromatic carbocycles. The van der Waals surface area contributed by atoms with E-state index in [0.29, 0.717) is 12.2 Å². The zero-order valence-electron chi connectivity index (χ0n) is 18.0. The second-order valence-electron chi connectivity index (χ2n) is 7.93. The summed E-state index contributed by atoms with van der Waals surface area (Å²) in [6.07, 6.45) is 0.806. The third kappa shape index (κ3) is 2.78. The molecule has 0 saturated carbocycles. The van der Waals surface area contributed by atoms with E-state index < -0.39 is 23.5 Å². The first-order valence-electron chi connectivity index (χ1n) is 10.5. The predicted molar refractivity (Wildman–Crippen MR) is 120 cm³/mol. The average Bonchev–Trinajstić information content (AvgIpc) is 3.46. The van der Waals surface area contributed by atoms with Crippen molar-refractivity contribution in [3.63, 3.8) is 0 Å². The van der Waals surface area contributed by atoms with E-state index in [-0.39, 0.29) is 6.61 Å². The van der Waals surface area contributed by atoms with Crippen molar-refractivity contribution in [3.05, 3.63) is 72.3 Å². The summed E-state index contributed by atoms with van der Waals surface area (Å²) in [6.45, 7) is 0.775. The van der Waals surface area contributed by atoms with Crippen molar-refractivity contribution in [1.29, 1.82) is 0 Å². The maximum Gasteiger partial charge on any atom is 0.348 e. The van der Waals surface area contributed by atoms with Crippen LogP contribution in [0.3, 0.4) is 0 Å². The van der Waals surface area contributed by atoms with E-state index in [0.717, 1.165) is 22.9 Å². The lowest BCUT2D eigenvalue weighted by molar-refractivity contribution is -0.162. The minimum absolute atomic E-state index is 0.127. The number of hydrogen-bond donors (Lipinski definition) is 0. The summed E-state index contributed by atoms with van der Waals surface area (Å²) in [5.41, 5.74) is 0.945. The maximum atomic E-state index is 13.4. The number of carbonyl (C=O) groups excluding carboxylic acids is 2. The Kier molecular flexibility index (Phi) is 4.98. The van der Waals surface area contributed by atoms with E-state index in [9.17, 15) is 9.59 Å². The number of ether oxygens (including phenoxy) is 2. The SMILES string of the molecule is COC(=O)C1(C(=O)OC)C(N2CCc3ccc4ccccc4c32)CON1c1ccccc1. The molecule has 2 aliphatic heterocycles. The number of benzene rings is 3. The van der Waals surface area contributed by atoms with Gasteiger partial charge in [-0.3, -0.25) is 4.84 Å². The molecule has 0 aliphatic carbocycles. The van der Waals surface area contributed by atoms with Gasteiger partial charge in [0.2, 0.25) is 0 Å². The highest BCUT2D eigenvalue weighted by Crippen LogP contribution is 2.44. The van der Waals surface area contributed by atoms with Gasteiger partial charge in [-0.1, -0.05) is 54.6 Å². The number of fused-ring (bicyclic) bond motifs is 3. The Morgan fingerprint density at radius 1 is 0.938 bits per heavy atom. The van der Waals surface area contributed by atoms with Gasteiger partial charge in [0, 0.05) is 17.6 Å². The average molecular weight is 432 g/mol. The Morgan fingerprint density at radius 2 is 1.62 bits per heavy atom. The minimum Gasteiger partial charge on any atom is -0.467 e. The largest absolute Gasteiger partial charge is 0.467 e. The molecule has 1 fully saturated rings. The number of carbonyl (C=O) groups is 2. The van der Waals surface area contributed by atoms with Gasteiger partial charge in [0.25, 0.3) is 5.54 Å². The molecular formula is C25H24N2O5. The summed E-state index contributed by atoms with van der Waals surface area (Å²) in [5, 5.41) is 3.53. The normalized spacial score (nSPS) is 19.1. The van der Waals surface area contributed by atoms with Crippen LogP contribution in [0.25, 0.3) is 10.8 Å². The summed E-state index contributed by atoms with van der Waals surface area (Å²) in [4.78, 5) is 34.9. The lowest BCUT2D eigenvalue weighted by Gasteiger charge is -2.39. The summed E-state index contributed by atoms with van der Waals surface area (Å²) in [7, 11) is 2.55. The first-order chi connectivity index (χ1) is 15.6. The van der Waals surface area contributed by atoms with Crippen LogP contribution in [0.5, 0.6) is 0 Å². The number of hydroxylamine groups is 1. The number of anilines is 2. The van der Waals surface area contributed by atoms with E-state index in [1.165, 1.54) is 24.8 Å². The highest BCUT2D eigenvalue weighted by Gasteiger charge is 2.66. The van der Waals surface area contributed by atoms with Gasteiger partial charge in [-0.2, -0.15) is 0 Å². The molecule has 0 amide bonds. The topological polar surface area (TPSA) is 68.3 Å². The number of para-hydroxylation sites is 1. The van der Waals surface area contributed by atoms with Gasteiger partial charge >= 0.3 is 11.9 Å². The summed E-state index contributed by atoms with van der Waals surface area (Å²) in [6, 6.07) is 20.8. The lowest BCUT2D eigenvalue weighted by Crippen LogP contribution is -2.67. The van der Waals surface area contributed by atoms with E-state index in [4.69, 9.17) is 14.3 Å². The predicted octanol–water partition coefficient (Wildman–Crippen LogP) is 3.11. The molecule has 164 valence electrons. The van der Waals surface area contributed by atoms with Crippen LogP contribution in [0.15, 0.2) is 66.7 Å². The molecule has 0 radical (unpaired) electrons. The third-order valence-corrected chi connectivity index (χ3v) is 6.42. The van der Waals surface area contributed by atoms with Crippen LogP contribution in [0.2, 0.25) is 0 Å². The van der Waals surface area contributed by atoms with Crippen molar-refractivity contribution in [2.24, 2.45) is 0 Å². The molecule has 1 saturated heterocycles. The molecule has 7 nitrogen and oxygen atoms in total. The fourth-order valence-corrected chi connectivity index (χ4v) is 5.00. The smallest absolute Gasteiger partial charge is 0.348 e. The van der Waals surface area contributed by atoms with Crippen molar-refractivity contribution in [2.45, 2.75) is 18.0 Å². The third-order valence-electron chi connectivity index (χ3n) is 6.42. The van der Waals surface area contributed by atoms with Gasteiger partial charge in [-0.25, -0.2) is 14.7 Å². The number of hydrogen-bond acceptors (Lipinski definition) is 7. The molecule has 0 bridgehead atoms. The Morgan fingerprint density at radius 3 is 2.34 bits per heavy atom. The number of esters is 2. The number of rotatable bonds is 4. The molecule has 2 heterocycles. The zero-order valence-corrected chi connectivity index (χ0v) is 18.0. The van der Waals surface area contributed by atoms with Gasteiger partial charge < -0.3 is 14.4 Å². The Balaban J connectivity index is 1.70. The highest BCUT2D eigenvalue weighted by atomic mass is 16.7. The second-order valence-corrected chi connectivity index (χ2v) is 7.93. The van der Waals surface area contributed by atoms with Crippen LogP contribution in [0, 0.1) is 0 Å². The highest BCUT2D eigenvalue weighted by molar-refractivity contribution is 6.10. The van der Waals surface area contributed by atoms with Gasteiger partial charge in [0.05, 0.1) is 26.5 Å². The van der Waals surface area contributed by atoms with Crippen molar-refractivity contribution in [2.75, 3.05) is 37.3 Å². The second kappa shape index (κ2) is 7.84. The molecular weight excluding hydrogens is 408 g/mol. The quantitative estimate of drug-likeness (QED) is 0.464. The maximum absolute atomic E-state index is 13.4. The first kappa shape index (κ1) is 20.3. The van der Waals surface area contributed by atoms with Crippen molar-refractivity contribution >= 4 is 34.1 Å². The van der Waals surface area contributed by atoms with E-state index in [2.05, 4.69) is 29.2 Å². The molecule has 3 aromatic rings. The summed E-state index contributed by atoms with van der Waals surface area (Å²) >= 11 is 0. The first-order valence-corrected chi connectivity index (χ1v) is 10.5. The minimum atomic E-state index is -1.82. The zero-order chi connectivity index (χ0) is 22.3. The molecule has 0 N–H and O–H groups in total. The van der Waals surface area contributed by atoms with Crippen LogP contribution in [-0.2, 0) is 30.3 Å². The van der Waals surface area contributed by atoms with Crippen molar-refractivity contribution in [3.8, 4) is 0 Å². The van der Waals surface area contributed by atoms with E-state index in [1.54, 1.807) is 12.1 Å². The standard InChI is InChI=1S/C25H24N2O5/c1-30-23(28)25(24(29)31-2)21(16-32-27(25)19-9-4-3-5-10-19)26-15-14-18-13-12-17-8-6-7-11-20(17)22(18)26/h3-13,21H,14-16H2,1-2H3. The molecule has 0 aromatic heterocycles. The molecule has 0 spiro atoms. The van der Waals surface area contributed by atoms with Crippen LogP contribution in [0.4, 0.5) is 11.4 Å². The molecule has 2 aliphatic rings. The van der Waals surface area contributed by atoms with Gasteiger partial charge in [0.15, 0.2) is 0 Å². The summed E-state index contributed by atoms with van der Waals surface area (Å²) < 4.78 is 10.4. The van der Waals surface area contributed by atoms with Gasteiger partial charge in [-0.05, 0) is 29.5 Å². The Bertz CT molecular complexity index is 1160. The van der Waals surface area contributed by atoms with Crippen LogP contribution < -0.4 is 9.96 Å².